The predicted octanol–water partition coefficient (Wildman–Crippen LogP) is 4.31. The fourth-order valence-corrected chi connectivity index (χ4v) is 3.28. The van der Waals surface area contributed by atoms with Crippen molar-refractivity contribution in [3.8, 4) is 11.5 Å². The minimum absolute atomic E-state index is 0.194. The van der Waals surface area contributed by atoms with Crippen molar-refractivity contribution >= 4 is 38.8 Å². The highest BCUT2D eigenvalue weighted by atomic mass is 79.9. The summed E-state index contributed by atoms with van der Waals surface area (Å²) in [6, 6.07) is 17.2. The van der Waals surface area contributed by atoms with Crippen LogP contribution in [0.1, 0.15) is 11.1 Å². The number of methoxy groups -OCH3 is 2. The fourth-order valence-electron chi connectivity index (χ4n) is 2.81. The normalized spacial score (nSPS) is 10.9. The zero-order chi connectivity index (χ0) is 19.2. The maximum absolute atomic E-state index is 12.3. The number of ether oxygens (including phenoxy) is 2. The van der Waals surface area contributed by atoms with Crippen LogP contribution < -0.4 is 14.9 Å². The van der Waals surface area contributed by atoms with Crippen LogP contribution in [-0.2, 0) is 11.2 Å². The summed E-state index contributed by atoms with van der Waals surface area (Å²) in [4.78, 5) is 12.3. The molecule has 0 aromatic heterocycles. The number of fused-ring (bicyclic) bond motifs is 1. The van der Waals surface area contributed by atoms with E-state index in [2.05, 4.69) is 26.5 Å². The molecule has 0 saturated heterocycles. The third-order valence-corrected chi connectivity index (χ3v) is 4.83. The van der Waals surface area contributed by atoms with E-state index in [1.54, 1.807) is 38.6 Å². The molecule has 3 aromatic rings. The van der Waals surface area contributed by atoms with Crippen molar-refractivity contribution in [2.75, 3.05) is 14.2 Å². The van der Waals surface area contributed by atoms with Crippen molar-refractivity contribution in [1.29, 1.82) is 0 Å². The van der Waals surface area contributed by atoms with Gasteiger partial charge in [0.05, 0.1) is 26.9 Å². The molecule has 0 heterocycles. The molecule has 0 atom stereocenters. The van der Waals surface area contributed by atoms with Crippen LogP contribution >= 0.6 is 15.9 Å². The van der Waals surface area contributed by atoms with Crippen LogP contribution in [-0.4, -0.2) is 26.3 Å². The van der Waals surface area contributed by atoms with E-state index in [1.165, 1.54) is 0 Å². The maximum Gasteiger partial charge on any atom is 0.244 e. The van der Waals surface area contributed by atoms with Crippen LogP contribution in [0.2, 0.25) is 0 Å². The van der Waals surface area contributed by atoms with Crippen LogP contribution in [0.15, 0.2) is 64.2 Å². The SMILES string of the molecule is COc1ccc(OC)c(/C=N/NC(=O)Cc2ccc(Br)c3ccccc23)c1. The van der Waals surface area contributed by atoms with Gasteiger partial charge in [-0.05, 0) is 40.6 Å². The number of nitrogens with zero attached hydrogens (tertiary/aromatic N) is 1. The second-order valence-corrected chi connectivity index (χ2v) is 6.68. The monoisotopic (exact) mass is 426 g/mol. The second kappa shape index (κ2) is 8.68. The van der Waals surface area contributed by atoms with Gasteiger partial charge in [-0.15, -0.1) is 0 Å². The summed E-state index contributed by atoms with van der Waals surface area (Å²) in [6.07, 6.45) is 1.78. The van der Waals surface area contributed by atoms with E-state index in [-0.39, 0.29) is 12.3 Å². The van der Waals surface area contributed by atoms with E-state index in [4.69, 9.17) is 9.47 Å². The Labute approximate surface area is 166 Å². The molecular formula is C21H19BrN2O3. The number of carbonyl (C=O) groups is 1. The lowest BCUT2D eigenvalue weighted by Crippen LogP contribution is -2.20. The molecule has 0 unspecified atom stereocenters. The Balaban J connectivity index is 1.72. The van der Waals surface area contributed by atoms with Gasteiger partial charge in [0, 0.05) is 10.0 Å². The van der Waals surface area contributed by atoms with Gasteiger partial charge in [0.15, 0.2) is 0 Å². The first kappa shape index (κ1) is 18.9. The summed E-state index contributed by atoms with van der Waals surface area (Å²) in [5.41, 5.74) is 4.23. The molecule has 0 fully saturated rings. The Bertz CT molecular complexity index is 1000. The number of nitrogens with one attached hydrogen (secondary N) is 1. The zero-order valence-electron chi connectivity index (χ0n) is 15.0. The summed E-state index contributed by atoms with van der Waals surface area (Å²) < 4.78 is 11.5. The van der Waals surface area contributed by atoms with Crippen molar-refractivity contribution < 1.29 is 14.3 Å². The van der Waals surface area contributed by atoms with Gasteiger partial charge in [0.2, 0.25) is 5.91 Å². The Morgan fingerprint density at radius 1 is 1.07 bits per heavy atom. The number of hydrogen-bond donors (Lipinski definition) is 1. The molecule has 0 bridgehead atoms. The number of hydrogen-bond acceptors (Lipinski definition) is 4. The molecule has 3 aromatic carbocycles. The molecule has 3 rings (SSSR count). The molecular weight excluding hydrogens is 408 g/mol. The molecule has 0 aliphatic carbocycles. The highest BCUT2D eigenvalue weighted by molar-refractivity contribution is 9.10. The van der Waals surface area contributed by atoms with Crippen molar-refractivity contribution in [3.05, 3.63) is 70.2 Å². The lowest BCUT2D eigenvalue weighted by Gasteiger charge is -2.08. The Morgan fingerprint density at radius 3 is 2.59 bits per heavy atom. The van der Waals surface area contributed by atoms with E-state index < -0.39 is 0 Å². The van der Waals surface area contributed by atoms with Crippen molar-refractivity contribution in [2.45, 2.75) is 6.42 Å². The van der Waals surface area contributed by atoms with Crippen LogP contribution in [0.25, 0.3) is 10.8 Å². The minimum atomic E-state index is -0.194. The van der Waals surface area contributed by atoms with E-state index >= 15 is 0 Å². The van der Waals surface area contributed by atoms with E-state index in [1.807, 2.05) is 36.4 Å². The number of rotatable bonds is 6. The number of halogens is 1. The van der Waals surface area contributed by atoms with E-state index in [0.717, 1.165) is 20.8 Å². The standard InChI is InChI=1S/C21H19BrN2O3/c1-26-16-8-10-20(27-2)15(11-16)13-23-24-21(25)12-14-7-9-19(22)18-6-4-3-5-17(14)18/h3-11,13H,12H2,1-2H3,(H,24,25)/b23-13+. The van der Waals surface area contributed by atoms with Gasteiger partial charge in [0.25, 0.3) is 0 Å². The van der Waals surface area contributed by atoms with Crippen LogP contribution in [0.4, 0.5) is 0 Å². The average molecular weight is 427 g/mol. The van der Waals surface area contributed by atoms with E-state index in [0.29, 0.717) is 17.1 Å². The molecule has 0 aliphatic rings. The summed E-state index contributed by atoms with van der Waals surface area (Å²) >= 11 is 3.54. The maximum atomic E-state index is 12.3. The van der Waals surface area contributed by atoms with Gasteiger partial charge in [-0.1, -0.05) is 46.3 Å². The van der Waals surface area contributed by atoms with Gasteiger partial charge >= 0.3 is 0 Å². The molecule has 138 valence electrons. The number of hydrazone groups is 1. The molecule has 0 radical (unpaired) electrons. The molecule has 27 heavy (non-hydrogen) atoms. The third kappa shape index (κ3) is 4.46. The molecule has 0 aliphatic heterocycles. The number of benzene rings is 3. The topological polar surface area (TPSA) is 59.9 Å². The van der Waals surface area contributed by atoms with Crippen LogP contribution in [0, 0.1) is 0 Å². The number of carbonyl (C=O) groups excluding carboxylic acids is 1. The Hall–Kier alpha value is -2.86. The number of amides is 1. The highest BCUT2D eigenvalue weighted by Gasteiger charge is 2.08. The van der Waals surface area contributed by atoms with Gasteiger partial charge in [-0.3, -0.25) is 4.79 Å². The molecule has 5 nitrogen and oxygen atoms in total. The predicted molar refractivity (Wildman–Crippen MR) is 111 cm³/mol. The average Bonchev–Trinajstić information content (AvgIpc) is 2.70. The second-order valence-electron chi connectivity index (χ2n) is 5.83. The summed E-state index contributed by atoms with van der Waals surface area (Å²) in [6.45, 7) is 0. The van der Waals surface area contributed by atoms with Crippen LogP contribution in [0.5, 0.6) is 11.5 Å². The lowest BCUT2D eigenvalue weighted by atomic mass is 10.0. The Morgan fingerprint density at radius 2 is 1.85 bits per heavy atom. The molecule has 1 amide bonds. The zero-order valence-corrected chi connectivity index (χ0v) is 16.6. The Kier molecular flexibility index (Phi) is 6.08. The molecule has 1 N–H and O–H groups in total. The summed E-state index contributed by atoms with van der Waals surface area (Å²) in [5, 5.41) is 6.17. The molecule has 6 heteroatoms. The van der Waals surface area contributed by atoms with Crippen molar-refractivity contribution in [2.24, 2.45) is 5.10 Å². The summed E-state index contributed by atoms with van der Waals surface area (Å²) in [5.74, 6) is 1.14. The van der Waals surface area contributed by atoms with Gasteiger partial charge in [0.1, 0.15) is 11.5 Å². The molecule has 0 spiro atoms. The summed E-state index contributed by atoms with van der Waals surface area (Å²) in [7, 11) is 3.17. The fraction of sp³-hybridized carbons (Fsp3) is 0.143. The molecule has 0 saturated carbocycles. The van der Waals surface area contributed by atoms with Crippen molar-refractivity contribution in [1.82, 2.24) is 5.43 Å². The van der Waals surface area contributed by atoms with Crippen molar-refractivity contribution in [3.63, 3.8) is 0 Å². The smallest absolute Gasteiger partial charge is 0.244 e. The first-order chi connectivity index (χ1) is 13.1. The first-order valence-electron chi connectivity index (χ1n) is 8.32. The van der Waals surface area contributed by atoms with Gasteiger partial charge in [-0.2, -0.15) is 5.10 Å². The highest BCUT2D eigenvalue weighted by Crippen LogP contribution is 2.27. The van der Waals surface area contributed by atoms with Gasteiger partial charge in [-0.25, -0.2) is 5.43 Å². The third-order valence-electron chi connectivity index (χ3n) is 4.14. The van der Waals surface area contributed by atoms with E-state index in [9.17, 15) is 4.79 Å². The largest absolute Gasteiger partial charge is 0.497 e. The van der Waals surface area contributed by atoms with Crippen LogP contribution in [0.3, 0.4) is 0 Å². The minimum Gasteiger partial charge on any atom is -0.497 e. The van der Waals surface area contributed by atoms with Gasteiger partial charge < -0.3 is 9.47 Å². The quantitative estimate of drug-likeness (QED) is 0.471. The lowest BCUT2D eigenvalue weighted by molar-refractivity contribution is -0.120. The first-order valence-corrected chi connectivity index (χ1v) is 9.11.